The Morgan fingerprint density at radius 2 is 1.88 bits per heavy atom. The third-order valence-electron chi connectivity index (χ3n) is 3.79. The molecule has 2 heterocycles. The molecule has 7 nitrogen and oxygen atoms in total. The van der Waals surface area contributed by atoms with Gasteiger partial charge < -0.3 is 4.74 Å². The van der Waals surface area contributed by atoms with Crippen LogP contribution in [0, 0.1) is 0 Å². The zero-order chi connectivity index (χ0) is 16.5. The van der Waals surface area contributed by atoms with Crippen molar-refractivity contribution in [3.63, 3.8) is 0 Å². The van der Waals surface area contributed by atoms with Crippen LogP contribution in [0.15, 0.2) is 53.3 Å². The third kappa shape index (κ3) is 2.21. The predicted octanol–water partition coefficient (Wildman–Crippen LogP) is 2.22. The summed E-state index contributed by atoms with van der Waals surface area (Å²) in [5.41, 5.74) is 1.21. The van der Waals surface area contributed by atoms with Gasteiger partial charge in [-0.1, -0.05) is 24.2 Å². The summed E-state index contributed by atoms with van der Waals surface area (Å²) in [6, 6.07) is 14.6. The van der Waals surface area contributed by atoms with E-state index in [1.165, 1.54) is 4.57 Å². The molecule has 4 aromatic rings. The topological polar surface area (TPSA) is 74.3 Å². The molecule has 2 aromatic carbocycles. The van der Waals surface area contributed by atoms with Crippen molar-refractivity contribution in [1.82, 2.24) is 24.6 Å². The van der Waals surface area contributed by atoms with Crippen molar-refractivity contribution >= 4 is 16.7 Å². The molecule has 0 saturated carbocycles. The van der Waals surface area contributed by atoms with Crippen LogP contribution in [-0.4, -0.2) is 31.2 Å². The summed E-state index contributed by atoms with van der Waals surface area (Å²) in [5.74, 6) is 1.14. The maximum absolute atomic E-state index is 12.9. The molecule has 0 saturated heterocycles. The Kier molecular flexibility index (Phi) is 3.45. The standard InChI is InChI=1S/C17H15N5O2/c1-2-11-24-13-9-7-12(8-10-13)21-16(23)14-5-3-4-6-15(14)22-17(21)18-19-20-22/h3-10H,2,11H2,1H3. The lowest BCUT2D eigenvalue weighted by molar-refractivity contribution is 0.317. The molecule has 0 spiro atoms. The summed E-state index contributed by atoms with van der Waals surface area (Å²) in [7, 11) is 0. The van der Waals surface area contributed by atoms with Gasteiger partial charge in [-0.05, 0) is 53.2 Å². The summed E-state index contributed by atoms with van der Waals surface area (Å²) in [4.78, 5) is 12.9. The fraction of sp³-hybridized carbons (Fsp3) is 0.176. The van der Waals surface area contributed by atoms with Gasteiger partial charge in [0.15, 0.2) is 0 Å². The van der Waals surface area contributed by atoms with Crippen molar-refractivity contribution < 1.29 is 4.74 Å². The Morgan fingerprint density at radius 1 is 1.08 bits per heavy atom. The molecule has 0 bridgehead atoms. The maximum atomic E-state index is 12.9. The second kappa shape index (κ2) is 5.77. The minimum absolute atomic E-state index is 0.157. The Balaban J connectivity index is 1.93. The van der Waals surface area contributed by atoms with Crippen LogP contribution in [0.4, 0.5) is 0 Å². The number of benzene rings is 2. The summed E-state index contributed by atoms with van der Waals surface area (Å²) in [6.45, 7) is 2.71. The average molecular weight is 321 g/mol. The second-order valence-corrected chi connectivity index (χ2v) is 5.39. The van der Waals surface area contributed by atoms with Crippen molar-refractivity contribution in [2.45, 2.75) is 13.3 Å². The van der Waals surface area contributed by atoms with Gasteiger partial charge in [0.25, 0.3) is 11.3 Å². The van der Waals surface area contributed by atoms with Crippen LogP contribution in [0.5, 0.6) is 5.75 Å². The lowest BCUT2D eigenvalue weighted by atomic mass is 10.2. The molecule has 0 amide bonds. The van der Waals surface area contributed by atoms with Crippen molar-refractivity contribution in [1.29, 1.82) is 0 Å². The number of hydrogen-bond donors (Lipinski definition) is 0. The van der Waals surface area contributed by atoms with E-state index in [0.717, 1.165) is 12.2 Å². The van der Waals surface area contributed by atoms with Crippen LogP contribution in [0.25, 0.3) is 22.4 Å². The summed E-state index contributed by atoms with van der Waals surface area (Å²) < 4.78 is 8.66. The Bertz CT molecular complexity index is 1070. The molecule has 120 valence electrons. The predicted molar refractivity (Wildman–Crippen MR) is 89.7 cm³/mol. The minimum atomic E-state index is -0.157. The number of tetrazole rings is 1. The van der Waals surface area contributed by atoms with Gasteiger partial charge in [0.05, 0.1) is 23.2 Å². The van der Waals surface area contributed by atoms with Gasteiger partial charge in [-0.15, -0.1) is 0 Å². The largest absolute Gasteiger partial charge is 0.494 e. The number of hydrogen-bond acceptors (Lipinski definition) is 5. The highest BCUT2D eigenvalue weighted by molar-refractivity contribution is 5.80. The smallest absolute Gasteiger partial charge is 0.267 e. The molecule has 24 heavy (non-hydrogen) atoms. The van der Waals surface area contributed by atoms with E-state index >= 15 is 0 Å². The molecule has 0 unspecified atom stereocenters. The van der Waals surface area contributed by atoms with Gasteiger partial charge in [-0.25, -0.2) is 4.57 Å². The van der Waals surface area contributed by atoms with Crippen LogP contribution in [0.2, 0.25) is 0 Å². The molecule has 0 aliphatic carbocycles. The zero-order valence-electron chi connectivity index (χ0n) is 13.1. The van der Waals surface area contributed by atoms with Gasteiger partial charge >= 0.3 is 0 Å². The first-order chi connectivity index (χ1) is 11.8. The van der Waals surface area contributed by atoms with Crippen molar-refractivity contribution in [2.75, 3.05) is 6.61 Å². The van der Waals surface area contributed by atoms with E-state index in [4.69, 9.17) is 4.74 Å². The molecule has 0 atom stereocenters. The summed E-state index contributed by atoms with van der Waals surface area (Å²) >= 11 is 0. The molecule has 0 aliphatic rings. The molecule has 2 aromatic heterocycles. The Hall–Kier alpha value is -3.22. The number of para-hydroxylation sites is 1. The van der Waals surface area contributed by atoms with E-state index in [1.807, 2.05) is 42.5 Å². The fourth-order valence-electron chi connectivity index (χ4n) is 2.67. The highest BCUT2D eigenvalue weighted by Gasteiger charge is 2.14. The van der Waals surface area contributed by atoms with Crippen LogP contribution >= 0.6 is 0 Å². The Labute approximate surface area is 137 Å². The van der Waals surface area contributed by atoms with Crippen molar-refractivity contribution in [3.8, 4) is 11.4 Å². The van der Waals surface area contributed by atoms with Crippen LogP contribution in [0.1, 0.15) is 13.3 Å². The minimum Gasteiger partial charge on any atom is -0.494 e. The lowest BCUT2D eigenvalue weighted by Crippen LogP contribution is -2.21. The van der Waals surface area contributed by atoms with Gasteiger partial charge in [0.1, 0.15) is 5.75 Å². The molecule has 0 N–H and O–H groups in total. The highest BCUT2D eigenvalue weighted by Crippen LogP contribution is 2.18. The lowest BCUT2D eigenvalue weighted by Gasteiger charge is -2.10. The quantitative estimate of drug-likeness (QED) is 0.576. The number of nitrogens with zero attached hydrogens (tertiary/aromatic N) is 5. The average Bonchev–Trinajstić information content (AvgIpc) is 3.11. The first-order valence-electron chi connectivity index (χ1n) is 7.74. The molecule has 7 heteroatoms. The van der Waals surface area contributed by atoms with E-state index in [1.54, 1.807) is 10.6 Å². The molecular formula is C17H15N5O2. The zero-order valence-corrected chi connectivity index (χ0v) is 13.1. The van der Waals surface area contributed by atoms with E-state index in [-0.39, 0.29) is 5.56 Å². The molecule has 0 radical (unpaired) electrons. The van der Waals surface area contributed by atoms with Gasteiger partial charge in [-0.3, -0.25) is 4.79 Å². The van der Waals surface area contributed by atoms with Crippen LogP contribution in [0.3, 0.4) is 0 Å². The number of rotatable bonds is 4. The molecule has 4 rings (SSSR count). The van der Waals surface area contributed by atoms with Crippen LogP contribution < -0.4 is 10.3 Å². The Morgan fingerprint density at radius 3 is 2.67 bits per heavy atom. The number of fused-ring (bicyclic) bond motifs is 3. The van der Waals surface area contributed by atoms with E-state index in [9.17, 15) is 4.79 Å². The van der Waals surface area contributed by atoms with Gasteiger partial charge in [-0.2, -0.15) is 4.52 Å². The van der Waals surface area contributed by atoms with Crippen molar-refractivity contribution in [3.05, 3.63) is 58.9 Å². The third-order valence-corrected chi connectivity index (χ3v) is 3.79. The van der Waals surface area contributed by atoms with Crippen LogP contribution in [-0.2, 0) is 0 Å². The molecule has 0 aliphatic heterocycles. The summed E-state index contributed by atoms with van der Waals surface area (Å²) in [6.07, 6.45) is 0.942. The number of ether oxygens (including phenoxy) is 1. The highest BCUT2D eigenvalue weighted by atomic mass is 16.5. The van der Waals surface area contributed by atoms with Gasteiger partial charge in [0, 0.05) is 0 Å². The number of aromatic nitrogens is 5. The summed E-state index contributed by atoms with van der Waals surface area (Å²) in [5, 5.41) is 12.3. The van der Waals surface area contributed by atoms with Crippen molar-refractivity contribution in [2.24, 2.45) is 0 Å². The van der Waals surface area contributed by atoms with E-state index in [2.05, 4.69) is 22.4 Å². The first-order valence-corrected chi connectivity index (χ1v) is 7.74. The molecule has 0 fully saturated rings. The van der Waals surface area contributed by atoms with E-state index < -0.39 is 0 Å². The monoisotopic (exact) mass is 321 g/mol. The van der Waals surface area contributed by atoms with Gasteiger partial charge in [0.2, 0.25) is 0 Å². The normalized spacial score (nSPS) is 11.2. The van der Waals surface area contributed by atoms with E-state index in [0.29, 0.717) is 29.0 Å². The first kappa shape index (κ1) is 14.4. The fourth-order valence-corrected chi connectivity index (χ4v) is 2.67. The maximum Gasteiger partial charge on any atom is 0.267 e. The SMILES string of the molecule is CCCOc1ccc(-n2c(=O)c3ccccc3n3nnnc23)cc1. The molecular weight excluding hydrogens is 306 g/mol. The second-order valence-electron chi connectivity index (χ2n) is 5.39.